The predicted octanol–water partition coefficient (Wildman–Crippen LogP) is 0.210. The Balaban J connectivity index is 2.81. The first-order valence-corrected chi connectivity index (χ1v) is 4.84. The monoisotopic (exact) mass is 208 g/mol. The van der Waals surface area contributed by atoms with Crippen molar-refractivity contribution in [3.8, 4) is 0 Å². The first kappa shape index (κ1) is 11.7. The molecule has 1 aromatic rings. The summed E-state index contributed by atoms with van der Waals surface area (Å²) in [4.78, 5) is 13.3. The van der Waals surface area contributed by atoms with E-state index in [4.69, 9.17) is 10.8 Å². The minimum absolute atomic E-state index is 0.0289. The van der Waals surface area contributed by atoms with Crippen molar-refractivity contribution in [3.05, 3.63) is 35.4 Å². The van der Waals surface area contributed by atoms with E-state index in [1.807, 2.05) is 12.1 Å². The van der Waals surface area contributed by atoms with Crippen molar-refractivity contribution in [1.82, 2.24) is 4.90 Å². The number of carbonyl (C=O) groups is 1. The molecule has 0 radical (unpaired) electrons. The van der Waals surface area contributed by atoms with Crippen LogP contribution >= 0.6 is 0 Å². The van der Waals surface area contributed by atoms with Gasteiger partial charge in [-0.2, -0.15) is 0 Å². The van der Waals surface area contributed by atoms with Crippen LogP contribution in [0.4, 0.5) is 0 Å². The lowest BCUT2D eigenvalue weighted by Gasteiger charge is -2.15. The number of amides is 1. The van der Waals surface area contributed by atoms with Crippen molar-refractivity contribution in [2.45, 2.75) is 6.54 Å². The summed E-state index contributed by atoms with van der Waals surface area (Å²) in [6.07, 6.45) is 0. The zero-order valence-corrected chi connectivity index (χ0v) is 8.81. The van der Waals surface area contributed by atoms with E-state index in [-0.39, 0.29) is 12.5 Å². The average molecular weight is 208 g/mol. The predicted molar refractivity (Wildman–Crippen MR) is 58.4 cm³/mol. The third kappa shape index (κ3) is 3.04. The normalized spacial score (nSPS) is 10.1. The van der Waals surface area contributed by atoms with Crippen LogP contribution in [0.5, 0.6) is 0 Å². The minimum atomic E-state index is -0.0978. The van der Waals surface area contributed by atoms with Gasteiger partial charge in [0.05, 0.1) is 6.61 Å². The summed E-state index contributed by atoms with van der Waals surface area (Å²) < 4.78 is 0. The molecule has 0 saturated heterocycles. The Morgan fingerprint density at radius 1 is 1.53 bits per heavy atom. The van der Waals surface area contributed by atoms with Crippen molar-refractivity contribution in [2.75, 3.05) is 20.2 Å². The van der Waals surface area contributed by atoms with Gasteiger partial charge in [-0.15, -0.1) is 0 Å². The van der Waals surface area contributed by atoms with E-state index in [0.29, 0.717) is 18.7 Å². The summed E-state index contributed by atoms with van der Waals surface area (Å²) in [5, 5.41) is 8.72. The summed E-state index contributed by atoms with van der Waals surface area (Å²) in [6.45, 7) is 0.731. The van der Waals surface area contributed by atoms with Gasteiger partial charge in [-0.25, -0.2) is 0 Å². The van der Waals surface area contributed by atoms with Crippen LogP contribution in [0, 0.1) is 0 Å². The number of hydrogen-bond donors (Lipinski definition) is 2. The molecule has 0 fully saturated rings. The fourth-order valence-corrected chi connectivity index (χ4v) is 1.30. The van der Waals surface area contributed by atoms with Crippen LogP contribution in [-0.4, -0.2) is 36.1 Å². The smallest absolute Gasteiger partial charge is 0.253 e. The number of hydrogen-bond acceptors (Lipinski definition) is 3. The van der Waals surface area contributed by atoms with Gasteiger partial charge in [0.15, 0.2) is 0 Å². The average Bonchev–Trinajstić information content (AvgIpc) is 2.28. The van der Waals surface area contributed by atoms with Gasteiger partial charge in [-0.1, -0.05) is 12.1 Å². The number of carbonyl (C=O) groups excluding carboxylic acids is 1. The van der Waals surface area contributed by atoms with Gasteiger partial charge in [0, 0.05) is 25.7 Å². The molecule has 1 rings (SSSR count). The molecule has 0 aliphatic carbocycles. The molecule has 4 nitrogen and oxygen atoms in total. The van der Waals surface area contributed by atoms with E-state index in [0.717, 1.165) is 5.56 Å². The van der Waals surface area contributed by atoms with Gasteiger partial charge in [0.25, 0.3) is 5.91 Å². The Kier molecular flexibility index (Phi) is 4.27. The minimum Gasteiger partial charge on any atom is -0.395 e. The Bertz CT molecular complexity index is 339. The molecule has 3 N–H and O–H groups in total. The molecule has 0 aromatic heterocycles. The molecular weight excluding hydrogens is 192 g/mol. The lowest BCUT2D eigenvalue weighted by Crippen LogP contribution is -2.29. The molecule has 0 spiro atoms. The first-order chi connectivity index (χ1) is 7.19. The number of nitrogens with zero attached hydrogens (tertiary/aromatic N) is 1. The number of aliphatic hydroxyl groups is 1. The Morgan fingerprint density at radius 3 is 2.87 bits per heavy atom. The Labute approximate surface area is 89.3 Å². The van der Waals surface area contributed by atoms with Crippen LogP contribution in [0.3, 0.4) is 0 Å². The zero-order chi connectivity index (χ0) is 11.3. The van der Waals surface area contributed by atoms with E-state index >= 15 is 0 Å². The molecule has 1 amide bonds. The van der Waals surface area contributed by atoms with Crippen molar-refractivity contribution in [2.24, 2.45) is 5.73 Å². The highest BCUT2D eigenvalue weighted by Crippen LogP contribution is 2.07. The van der Waals surface area contributed by atoms with Gasteiger partial charge in [-0.3, -0.25) is 4.79 Å². The van der Waals surface area contributed by atoms with E-state index < -0.39 is 0 Å². The highest BCUT2D eigenvalue weighted by atomic mass is 16.3. The highest BCUT2D eigenvalue weighted by molar-refractivity contribution is 5.94. The van der Waals surface area contributed by atoms with Gasteiger partial charge in [0.2, 0.25) is 0 Å². The topological polar surface area (TPSA) is 66.6 Å². The van der Waals surface area contributed by atoms with Gasteiger partial charge < -0.3 is 15.7 Å². The van der Waals surface area contributed by atoms with Gasteiger partial charge >= 0.3 is 0 Å². The van der Waals surface area contributed by atoms with Crippen LogP contribution in [0.15, 0.2) is 24.3 Å². The molecule has 0 bridgehead atoms. The molecule has 0 unspecified atom stereocenters. The third-order valence-electron chi connectivity index (χ3n) is 2.19. The largest absolute Gasteiger partial charge is 0.395 e. The fraction of sp³-hybridized carbons (Fsp3) is 0.364. The summed E-state index contributed by atoms with van der Waals surface area (Å²) in [5.74, 6) is -0.0978. The molecule has 15 heavy (non-hydrogen) atoms. The molecule has 4 heteroatoms. The molecule has 0 atom stereocenters. The molecular formula is C11H16N2O2. The number of aliphatic hydroxyl groups excluding tert-OH is 1. The van der Waals surface area contributed by atoms with Gasteiger partial charge in [-0.05, 0) is 17.7 Å². The lowest BCUT2D eigenvalue weighted by molar-refractivity contribution is 0.0767. The molecule has 82 valence electrons. The molecule has 0 saturated carbocycles. The highest BCUT2D eigenvalue weighted by Gasteiger charge is 2.10. The van der Waals surface area contributed by atoms with Crippen LogP contribution in [0.2, 0.25) is 0 Å². The van der Waals surface area contributed by atoms with Crippen LogP contribution < -0.4 is 5.73 Å². The molecule has 0 aliphatic heterocycles. The molecule has 0 aliphatic rings. The SMILES string of the molecule is CN(CCO)C(=O)c1cccc(CN)c1. The maximum absolute atomic E-state index is 11.8. The molecule has 0 heterocycles. The van der Waals surface area contributed by atoms with Crippen molar-refractivity contribution in [3.63, 3.8) is 0 Å². The van der Waals surface area contributed by atoms with Crippen molar-refractivity contribution < 1.29 is 9.90 Å². The standard InChI is InChI=1S/C11H16N2O2/c1-13(5-6-14)11(15)10-4-2-3-9(7-10)8-12/h2-4,7,14H,5-6,8,12H2,1H3. The first-order valence-electron chi connectivity index (χ1n) is 4.84. The summed E-state index contributed by atoms with van der Waals surface area (Å²) in [5.41, 5.74) is 7.02. The third-order valence-corrected chi connectivity index (χ3v) is 2.19. The van der Waals surface area contributed by atoms with Crippen LogP contribution in [-0.2, 0) is 6.54 Å². The number of likely N-dealkylation sites (N-methyl/N-ethyl adjacent to an activating group) is 1. The van der Waals surface area contributed by atoms with Gasteiger partial charge in [0.1, 0.15) is 0 Å². The quantitative estimate of drug-likeness (QED) is 0.743. The summed E-state index contributed by atoms with van der Waals surface area (Å²) >= 11 is 0. The zero-order valence-electron chi connectivity index (χ0n) is 8.81. The van der Waals surface area contributed by atoms with Crippen molar-refractivity contribution >= 4 is 5.91 Å². The molecule has 1 aromatic carbocycles. The number of nitrogens with two attached hydrogens (primary N) is 1. The summed E-state index contributed by atoms with van der Waals surface area (Å²) in [7, 11) is 1.66. The second kappa shape index (κ2) is 5.48. The maximum atomic E-state index is 11.8. The Hall–Kier alpha value is -1.39. The van der Waals surface area contributed by atoms with Crippen molar-refractivity contribution in [1.29, 1.82) is 0 Å². The van der Waals surface area contributed by atoms with E-state index in [1.54, 1.807) is 19.2 Å². The number of rotatable bonds is 4. The van der Waals surface area contributed by atoms with Crippen LogP contribution in [0.1, 0.15) is 15.9 Å². The maximum Gasteiger partial charge on any atom is 0.253 e. The lowest BCUT2D eigenvalue weighted by atomic mass is 10.1. The van der Waals surface area contributed by atoms with E-state index in [1.165, 1.54) is 4.90 Å². The number of benzene rings is 1. The Morgan fingerprint density at radius 2 is 2.27 bits per heavy atom. The summed E-state index contributed by atoms with van der Waals surface area (Å²) in [6, 6.07) is 7.20. The van der Waals surface area contributed by atoms with E-state index in [9.17, 15) is 4.79 Å². The van der Waals surface area contributed by atoms with Crippen LogP contribution in [0.25, 0.3) is 0 Å². The second-order valence-corrected chi connectivity index (χ2v) is 3.35. The van der Waals surface area contributed by atoms with E-state index in [2.05, 4.69) is 0 Å². The second-order valence-electron chi connectivity index (χ2n) is 3.35. The fourth-order valence-electron chi connectivity index (χ4n) is 1.30.